The third-order valence-corrected chi connectivity index (χ3v) is 7.87. The van der Waals surface area contributed by atoms with Crippen LogP contribution < -0.4 is 0 Å². The van der Waals surface area contributed by atoms with Crippen LogP contribution in [0.5, 0.6) is 0 Å². The highest BCUT2D eigenvalue weighted by Crippen LogP contribution is 2.35. The zero-order valence-electron chi connectivity index (χ0n) is 22.1. The Balaban J connectivity index is 1.41. The van der Waals surface area contributed by atoms with Crippen LogP contribution in [0.2, 0.25) is 0 Å². The molecule has 40 heavy (non-hydrogen) atoms. The molecule has 1 aromatic heterocycles. The Kier molecular flexibility index (Phi) is 7.88. The Bertz CT molecular complexity index is 1620. The molecule has 0 saturated heterocycles. The lowest BCUT2D eigenvalue weighted by Gasteiger charge is -2.21. The monoisotopic (exact) mass is 559 g/mol. The number of furan rings is 1. The summed E-state index contributed by atoms with van der Waals surface area (Å²) in [5.74, 6) is -0.756. The van der Waals surface area contributed by atoms with E-state index in [1.165, 1.54) is 18.0 Å². The first-order valence-corrected chi connectivity index (χ1v) is 13.6. The summed E-state index contributed by atoms with van der Waals surface area (Å²) >= 11 is 1.49. The van der Waals surface area contributed by atoms with Gasteiger partial charge in [0.25, 0.3) is 0 Å². The molecule has 204 valence electrons. The van der Waals surface area contributed by atoms with Crippen molar-refractivity contribution in [2.45, 2.75) is 43.4 Å². The van der Waals surface area contributed by atoms with E-state index in [1.54, 1.807) is 0 Å². The summed E-state index contributed by atoms with van der Waals surface area (Å²) in [7, 11) is 0. The van der Waals surface area contributed by atoms with Crippen LogP contribution in [-0.4, -0.2) is 10.6 Å². The lowest BCUT2D eigenvalue weighted by Crippen LogP contribution is -2.18. The minimum atomic E-state index is -4.53. The number of benzene rings is 4. The van der Waals surface area contributed by atoms with Crippen LogP contribution in [0.1, 0.15) is 36.5 Å². The van der Waals surface area contributed by atoms with Gasteiger partial charge >= 0.3 is 6.18 Å². The molecule has 5 rings (SSSR count). The fourth-order valence-electron chi connectivity index (χ4n) is 4.50. The van der Waals surface area contributed by atoms with Gasteiger partial charge in [-0.3, -0.25) is 0 Å². The van der Waals surface area contributed by atoms with Gasteiger partial charge in [-0.2, -0.15) is 13.2 Å². The summed E-state index contributed by atoms with van der Waals surface area (Å²) in [4.78, 5) is 12.5. The summed E-state index contributed by atoms with van der Waals surface area (Å²) in [6.07, 6.45) is -3.58. The number of nitrogens with zero attached hydrogens (tertiary/aromatic N) is 1. The maximum Gasteiger partial charge on any atom is 0.449 e. The number of aldehydes is 1. The molecule has 0 saturated carbocycles. The molecule has 0 radical (unpaired) electrons. The van der Waals surface area contributed by atoms with E-state index in [1.807, 2.05) is 109 Å². The number of carbonyl (C=O) groups is 1. The molecule has 0 N–H and O–H groups in total. The van der Waals surface area contributed by atoms with Gasteiger partial charge in [0.2, 0.25) is 5.76 Å². The van der Waals surface area contributed by atoms with Crippen molar-refractivity contribution < 1.29 is 22.4 Å². The van der Waals surface area contributed by atoms with E-state index in [-0.39, 0.29) is 12.3 Å². The average molecular weight is 560 g/mol. The fourth-order valence-corrected chi connectivity index (χ4v) is 5.60. The van der Waals surface area contributed by atoms with E-state index < -0.39 is 17.4 Å². The molecule has 0 fully saturated rings. The Morgan fingerprint density at radius 1 is 0.800 bits per heavy atom. The maximum absolute atomic E-state index is 13.2. The smallest absolute Gasteiger partial charge is 0.449 e. The number of carbonyl (C=O) groups excluding carboxylic acids is 1. The molecule has 0 aliphatic heterocycles. The number of alkyl halides is 3. The second kappa shape index (κ2) is 11.4. The molecule has 0 amide bonds. The van der Waals surface area contributed by atoms with Gasteiger partial charge in [-0.1, -0.05) is 84.9 Å². The number of fused-ring (bicyclic) bond motifs is 1. The third kappa shape index (κ3) is 6.32. The van der Waals surface area contributed by atoms with Crippen LogP contribution in [0, 0.1) is 0 Å². The Morgan fingerprint density at radius 3 is 2.25 bits per heavy atom. The molecule has 0 aliphatic carbocycles. The molecular formula is C33H28F3NO2S. The molecule has 0 aliphatic rings. The predicted molar refractivity (Wildman–Crippen MR) is 154 cm³/mol. The topological polar surface area (TPSA) is 33.5 Å². The van der Waals surface area contributed by atoms with Gasteiger partial charge in [0, 0.05) is 16.9 Å². The zero-order chi connectivity index (χ0) is 28.3. The van der Waals surface area contributed by atoms with Crippen molar-refractivity contribution in [2.24, 2.45) is 0 Å². The highest BCUT2D eigenvalue weighted by atomic mass is 32.2. The molecule has 7 heteroatoms. The van der Waals surface area contributed by atoms with E-state index in [4.69, 9.17) is 4.42 Å². The van der Waals surface area contributed by atoms with E-state index in [2.05, 4.69) is 0 Å². The van der Waals surface area contributed by atoms with Crippen molar-refractivity contribution in [2.75, 3.05) is 0 Å². The predicted octanol–water partition coefficient (Wildman–Crippen LogP) is 9.30. The minimum Gasteiger partial charge on any atom is -0.455 e. The Hall–Kier alpha value is -3.81. The summed E-state index contributed by atoms with van der Waals surface area (Å²) in [5, 5.41) is 2.16. The maximum atomic E-state index is 13.2. The second-order valence-electron chi connectivity index (χ2n) is 10.2. The summed E-state index contributed by atoms with van der Waals surface area (Å²) in [6.45, 7) is 4.45. The molecule has 0 bridgehead atoms. The van der Waals surface area contributed by atoms with Crippen molar-refractivity contribution in [3.63, 3.8) is 0 Å². The SMILES string of the molecule is CC(C)(C=O)c1cccc(-c2ccc(CN(Cc3ccc(C(F)(F)F)o3)Sc3cccc4ccccc34)cc2)c1. The molecule has 5 aromatic rings. The molecule has 0 atom stereocenters. The number of hydrogen-bond donors (Lipinski definition) is 0. The first kappa shape index (κ1) is 27.7. The largest absolute Gasteiger partial charge is 0.455 e. The average Bonchev–Trinajstić information content (AvgIpc) is 3.43. The zero-order valence-corrected chi connectivity index (χ0v) is 22.9. The van der Waals surface area contributed by atoms with Gasteiger partial charge in [-0.05, 0) is 77.0 Å². The molecule has 1 heterocycles. The van der Waals surface area contributed by atoms with Crippen molar-refractivity contribution in [1.82, 2.24) is 4.31 Å². The third-order valence-electron chi connectivity index (χ3n) is 6.80. The van der Waals surface area contributed by atoms with Gasteiger partial charge in [0.1, 0.15) is 12.0 Å². The van der Waals surface area contributed by atoms with Crippen molar-refractivity contribution in [3.05, 3.63) is 126 Å². The van der Waals surface area contributed by atoms with E-state index in [0.717, 1.165) is 50.3 Å². The van der Waals surface area contributed by atoms with Crippen LogP contribution in [0.15, 0.2) is 112 Å². The standard InChI is InChI=1S/C33H28F3NO2S/c1-32(2,22-38)27-10-5-9-26(19-27)24-15-13-23(14-16-24)20-37(21-28-17-18-31(39-28)33(34,35)36)40-30-12-6-8-25-7-3-4-11-29(25)30/h3-19,22H,20-21H2,1-2H3. The fraction of sp³-hybridized carbons (Fsp3) is 0.182. The van der Waals surface area contributed by atoms with Crippen LogP contribution in [-0.2, 0) is 29.5 Å². The summed E-state index contributed by atoms with van der Waals surface area (Å²) < 4.78 is 46.7. The number of rotatable bonds is 9. The van der Waals surface area contributed by atoms with Crippen molar-refractivity contribution in [1.29, 1.82) is 0 Å². The van der Waals surface area contributed by atoms with Gasteiger partial charge in [0.05, 0.1) is 6.54 Å². The quantitative estimate of drug-likeness (QED) is 0.133. The van der Waals surface area contributed by atoms with Gasteiger partial charge in [0.15, 0.2) is 0 Å². The molecule has 3 nitrogen and oxygen atoms in total. The van der Waals surface area contributed by atoms with E-state index in [0.29, 0.717) is 6.54 Å². The van der Waals surface area contributed by atoms with Gasteiger partial charge in [-0.25, -0.2) is 4.31 Å². The number of hydrogen-bond acceptors (Lipinski definition) is 4. The van der Waals surface area contributed by atoms with Crippen molar-refractivity contribution in [3.8, 4) is 11.1 Å². The van der Waals surface area contributed by atoms with Crippen LogP contribution >= 0.6 is 11.9 Å². The highest BCUT2D eigenvalue weighted by Gasteiger charge is 2.35. The highest BCUT2D eigenvalue weighted by molar-refractivity contribution is 7.97. The van der Waals surface area contributed by atoms with E-state index in [9.17, 15) is 18.0 Å². The first-order valence-electron chi connectivity index (χ1n) is 12.9. The molecule has 0 unspecified atom stereocenters. The van der Waals surface area contributed by atoms with Crippen molar-refractivity contribution >= 4 is 29.0 Å². The molecule has 0 spiro atoms. The molecule has 4 aromatic carbocycles. The van der Waals surface area contributed by atoms with Crippen LogP contribution in [0.25, 0.3) is 21.9 Å². The Morgan fingerprint density at radius 2 is 1.52 bits per heavy atom. The minimum absolute atomic E-state index is 0.189. The van der Waals surface area contributed by atoms with Crippen LogP contribution in [0.3, 0.4) is 0 Å². The second-order valence-corrected chi connectivity index (χ2v) is 11.4. The number of halogens is 3. The summed E-state index contributed by atoms with van der Waals surface area (Å²) in [6, 6.07) is 32.5. The lowest BCUT2D eigenvalue weighted by atomic mass is 9.85. The normalized spacial score (nSPS) is 12.2. The summed E-state index contributed by atoms with van der Waals surface area (Å²) in [5.41, 5.74) is 3.40. The molecular weight excluding hydrogens is 531 g/mol. The van der Waals surface area contributed by atoms with Crippen LogP contribution in [0.4, 0.5) is 13.2 Å². The van der Waals surface area contributed by atoms with Gasteiger partial charge in [-0.15, -0.1) is 0 Å². The lowest BCUT2D eigenvalue weighted by molar-refractivity contribution is -0.153. The van der Waals surface area contributed by atoms with E-state index >= 15 is 0 Å². The van der Waals surface area contributed by atoms with Gasteiger partial charge < -0.3 is 9.21 Å². The Labute approximate surface area is 235 Å². The first-order chi connectivity index (χ1) is 19.1.